The highest BCUT2D eigenvalue weighted by atomic mass is 32.1. The quantitative estimate of drug-likeness (QED) is 0.879. The molecule has 5 heteroatoms. The Labute approximate surface area is 113 Å². The molecule has 0 bridgehead atoms. The van der Waals surface area contributed by atoms with E-state index in [4.69, 9.17) is 5.26 Å². The van der Waals surface area contributed by atoms with Crippen molar-refractivity contribution in [3.05, 3.63) is 21.9 Å². The van der Waals surface area contributed by atoms with Gasteiger partial charge in [-0.25, -0.2) is 0 Å². The molecule has 0 saturated carbocycles. The van der Waals surface area contributed by atoms with Crippen LogP contribution in [0.5, 0.6) is 0 Å². The normalized spacial score (nSPS) is 21.9. The number of likely N-dealkylation sites (N-methyl/N-ethyl adjacent to an activating group) is 2. The second kappa shape index (κ2) is 6.30. The predicted octanol–water partition coefficient (Wildman–Crippen LogP) is 0.955. The lowest BCUT2D eigenvalue weighted by Crippen LogP contribution is -2.53. The van der Waals surface area contributed by atoms with Crippen molar-refractivity contribution < 1.29 is 0 Å². The van der Waals surface area contributed by atoms with Crippen LogP contribution in [-0.2, 0) is 6.54 Å². The third-order valence-corrected chi connectivity index (χ3v) is 4.38. The molecule has 0 aromatic carbocycles. The highest BCUT2D eigenvalue weighted by Gasteiger charge is 2.21. The Bertz CT molecular complexity index is 423. The van der Waals surface area contributed by atoms with Crippen LogP contribution in [0.3, 0.4) is 0 Å². The first kappa shape index (κ1) is 13.5. The van der Waals surface area contributed by atoms with Crippen molar-refractivity contribution in [3.63, 3.8) is 0 Å². The Hall–Kier alpha value is -0.930. The number of hydrogen-bond acceptors (Lipinski definition) is 5. The van der Waals surface area contributed by atoms with Crippen molar-refractivity contribution in [1.82, 2.24) is 15.1 Å². The van der Waals surface area contributed by atoms with Crippen LogP contribution in [0, 0.1) is 11.3 Å². The second-order valence-electron chi connectivity index (χ2n) is 4.94. The summed E-state index contributed by atoms with van der Waals surface area (Å²) in [5, 5.41) is 14.2. The largest absolute Gasteiger partial charge is 0.310 e. The van der Waals surface area contributed by atoms with E-state index < -0.39 is 0 Å². The Morgan fingerprint density at radius 2 is 2.33 bits per heavy atom. The Morgan fingerprint density at radius 1 is 1.50 bits per heavy atom. The van der Waals surface area contributed by atoms with Crippen LogP contribution in [0.1, 0.15) is 10.4 Å². The van der Waals surface area contributed by atoms with E-state index in [1.165, 1.54) is 4.88 Å². The summed E-state index contributed by atoms with van der Waals surface area (Å²) in [6.45, 7) is 5.28. The molecule has 4 nitrogen and oxygen atoms in total. The molecule has 1 aliphatic rings. The van der Waals surface area contributed by atoms with Gasteiger partial charge < -0.3 is 10.2 Å². The average molecular weight is 264 g/mol. The van der Waals surface area contributed by atoms with Crippen LogP contribution in [-0.4, -0.2) is 56.1 Å². The molecule has 0 spiro atoms. The first-order valence-corrected chi connectivity index (χ1v) is 7.14. The Morgan fingerprint density at radius 3 is 3.06 bits per heavy atom. The number of nitrogens with zero attached hydrogens (tertiary/aromatic N) is 3. The average Bonchev–Trinajstić information content (AvgIpc) is 2.81. The van der Waals surface area contributed by atoms with E-state index in [-0.39, 0.29) is 0 Å². The summed E-state index contributed by atoms with van der Waals surface area (Å²) in [6.07, 6.45) is 0. The molecule has 1 aromatic heterocycles. The monoisotopic (exact) mass is 264 g/mol. The summed E-state index contributed by atoms with van der Waals surface area (Å²) in [6, 6.07) is 4.72. The minimum absolute atomic E-state index is 0.583. The molecular weight excluding hydrogens is 244 g/mol. The van der Waals surface area contributed by atoms with Gasteiger partial charge in [0, 0.05) is 49.0 Å². The van der Waals surface area contributed by atoms with E-state index in [0.29, 0.717) is 6.04 Å². The molecule has 1 atom stereocenters. The topological polar surface area (TPSA) is 42.3 Å². The molecule has 98 valence electrons. The lowest BCUT2D eigenvalue weighted by Gasteiger charge is -2.37. The summed E-state index contributed by atoms with van der Waals surface area (Å²) in [5.41, 5.74) is 0.770. The molecule has 2 rings (SSSR count). The fourth-order valence-corrected chi connectivity index (χ4v) is 3.00. The molecule has 0 aliphatic carbocycles. The SMILES string of the molecule is CN1CCN(C)C(CNCc2cc(C#N)cs2)C1. The van der Waals surface area contributed by atoms with Crippen LogP contribution in [0.15, 0.2) is 11.4 Å². The van der Waals surface area contributed by atoms with Gasteiger partial charge in [0.25, 0.3) is 0 Å². The fraction of sp³-hybridized carbons (Fsp3) is 0.615. The number of hydrogen-bond donors (Lipinski definition) is 1. The van der Waals surface area contributed by atoms with Crippen molar-refractivity contribution in [1.29, 1.82) is 5.26 Å². The Balaban J connectivity index is 1.76. The third kappa shape index (κ3) is 3.53. The Kier molecular flexibility index (Phi) is 4.72. The molecule has 1 aliphatic heterocycles. The van der Waals surface area contributed by atoms with Gasteiger partial charge in [0.2, 0.25) is 0 Å². The maximum atomic E-state index is 8.77. The lowest BCUT2D eigenvalue weighted by atomic mass is 10.2. The molecule has 0 amide bonds. The van der Waals surface area contributed by atoms with Gasteiger partial charge in [0.1, 0.15) is 6.07 Å². The molecule has 18 heavy (non-hydrogen) atoms. The summed E-state index contributed by atoms with van der Waals surface area (Å²) in [7, 11) is 4.37. The molecule has 1 N–H and O–H groups in total. The molecular formula is C13H20N4S. The van der Waals surface area contributed by atoms with Gasteiger partial charge in [-0.3, -0.25) is 4.90 Å². The van der Waals surface area contributed by atoms with Crippen molar-refractivity contribution in [2.75, 3.05) is 40.3 Å². The summed E-state index contributed by atoms with van der Waals surface area (Å²) >= 11 is 1.65. The molecule has 1 aromatic rings. The predicted molar refractivity (Wildman–Crippen MR) is 74.7 cm³/mol. The number of nitriles is 1. The van der Waals surface area contributed by atoms with Crippen LogP contribution < -0.4 is 5.32 Å². The van der Waals surface area contributed by atoms with Crippen LogP contribution in [0.4, 0.5) is 0 Å². The van der Waals surface area contributed by atoms with Crippen molar-refractivity contribution in [2.45, 2.75) is 12.6 Å². The molecule has 1 saturated heterocycles. The van der Waals surface area contributed by atoms with Crippen molar-refractivity contribution in [3.8, 4) is 6.07 Å². The van der Waals surface area contributed by atoms with Gasteiger partial charge in [0.05, 0.1) is 5.56 Å². The number of piperazine rings is 1. The first-order valence-electron chi connectivity index (χ1n) is 6.26. The summed E-state index contributed by atoms with van der Waals surface area (Å²) < 4.78 is 0. The summed E-state index contributed by atoms with van der Waals surface area (Å²) in [5.74, 6) is 0. The standard InChI is InChI=1S/C13H20N4S/c1-16-3-4-17(2)12(9-16)7-15-8-13-5-11(6-14)10-18-13/h5,10,12,15H,3-4,7-9H2,1-2H3. The van der Waals surface area contributed by atoms with Crippen molar-refractivity contribution in [2.24, 2.45) is 0 Å². The maximum absolute atomic E-state index is 8.77. The van der Waals surface area contributed by atoms with Crippen molar-refractivity contribution >= 4 is 11.3 Å². The van der Waals surface area contributed by atoms with Gasteiger partial charge in [0.15, 0.2) is 0 Å². The van der Waals surface area contributed by atoms with E-state index >= 15 is 0 Å². The zero-order chi connectivity index (χ0) is 13.0. The van der Waals surface area contributed by atoms with E-state index in [2.05, 4.69) is 35.3 Å². The minimum Gasteiger partial charge on any atom is -0.310 e. The smallest absolute Gasteiger partial charge is 0.100 e. The molecule has 1 unspecified atom stereocenters. The van der Waals surface area contributed by atoms with E-state index in [1.807, 2.05) is 11.4 Å². The van der Waals surface area contributed by atoms with E-state index in [1.54, 1.807) is 11.3 Å². The van der Waals surface area contributed by atoms with Gasteiger partial charge in [-0.2, -0.15) is 5.26 Å². The molecule has 2 heterocycles. The zero-order valence-corrected chi connectivity index (χ0v) is 11.8. The minimum atomic E-state index is 0.583. The van der Waals surface area contributed by atoms with Crippen LogP contribution in [0.2, 0.25) is 0 Å². The molecule has 0 radical (unpaired) electrons. The number of rotatable bonds is 4. The van der Waals surface area contributed by atoms with Gasteiger partial charge in [-0.1, -0.05) is 0 Å². The highest BCUT2D eigenvalue weighted by molar-refractivity contribution is 7.10. The highest BCUT2D eigenvalue weighted by Crippen LogP contribution is 2.13. The second-order valence-corrected chi connectivity index (χ2v) is 5.94. The fourth-order valence-electron chi connectivity index (χ4n) is 2.22. The van der Waals surface area contributed by atoms with E-state index in [9.17, 15) is 0 Å². The number of thiophene rings is 1. The van der Waals surface area contributed by atoms with Crippen LogP contribution in [0.25, 0.3) is 0 Å². The summed E-state index contributed by atoms with van der Waals surface area (Å²) in [4.78, 5) is 6.03. The molecule has 1 fully saturated rings. The lowest BCUT2D eigenvalue weighted by molar-refractivity contribution is 0.113. The first-order chi connectivity index (χ1) is 8.69. The van der Waals surface area contributed by atoms with Gasteiger partial charge in [-0.05, 0) is 20.2 Å². The van der Waals surface area contributed by atoms with Gasteiger partial charge >= 0.3 is 0 Å². The zero-order valence-electron chi connectivity index (χ0n) is 11.0. The number of nitrogens with one attached hydrogen (secondary N) is 1. The van der Waals surface area contributed by atoms with Crippen LogP contribution >= 0.6 is 11.3 Å². The third-order valence-electron chi connectivity index (χ3n) is 3.44. The van der Waals surface area contributed by atoms with E-state index in [0.717, 1.165) is 38.3 Å². The maximum Gasteiger partial charge on any atom is 0.100 e. The van der Waals surface area contributed by atoms with Gasteiger partial charge in [-0.15, -0.1) is 11.3 Å².